The topological polar surface area (TPSA) is 55.2 Å². The fraction of sp³-hybridized carbons (Fsp3) is 0.276. The molecule has 0 saturated carbocycles. The van der Waals surface area contributed by atoms with E-state index in [2.05, 4.69) is 6.92 Å². The summed E-state index contributed by atoms with van der Waals surface area (Å²) in [6.07, 6.45) is 3.85. The second-order valence-electron chi connectivity index (χ2n) is 8.82. The molecule has 0 saturated heterocycles. The average molecular weight is 506 g/mol. The molecule has 0 fully saturated rings. The highest BCUT2D eigenvalue weighted by Gasteiger charge is 2.28. The molecule has 5 nitrogen and oxygen atoms in total. The number of fused-ring (bicyclic) bond motifs is 1. The fourth-order valence-corrected chi connectivity index (χ4v) is 4.62. The van der Waals surface area contributed by atoms with Gasteiger partial charge in [-0.25, -0.2) is 9.37 Å². The number of benzene rings is 3. The first-order valence-electron chi connectivity index (χ1n) is 12.3. The third-order valence-electron chi connectivity index (χ3n) is 6.32. The normalized spacial score (nSPS) is 12.0. The lowest BCUT2D eigenvalue weighted by atomic mass is 10.1. The van der Waals surface area contributed by atoms with Crippen LogP contribution in [0.5, 0.6) is 0 Å². The van der Waals surface area contributed by atoms with Crippen LogP contribution in [0.4, 0.5) is 4.39 Å². The number of carbonyl (C=O) groups is 1. The van der Waals surface area contributed by atoms with Crippen molar-refractivity contribution in [2.24, 2.45) is 0 Å². The third kappa shape index (κ3) is 5.34. The molecule has 0 bridgehead atoms. The number of amides is 1. The maximum Gasteiger partial charge on any atom is 0.266 e. The smallest absolute Gasteiger partial charge is 0.266 e. The largest absolute Gasteiger partial charge is 0.329 e. The van der Waals surface area contributed by atoms with Gasteiger partial charge < -0.3 is 4.90 Å². The number of halogens is 2. The molecule has 0 aliphatic heterocycles. The second-order valence-corrected chi connectivity index (χ2v) is 9.23. The van der Waals surface area contributed by atoms with Crippen LogP contribution in [0.1, 0.15) is 61.8 Å². The Bertz CT molecular complexity index is 1440. The fourth-order valence-electron chi connectivity index (χ4n) is 4.40. The average Bonchev–Trinajstić information content (AvgIpc) is 2.89. The molecule has 0 aliphatic rings. The predicted molar refractivity (Wildman–Crippen MR) is 142 cm³/mol. The number of unbranched alkanes of at least 4 members (excludes halogenated alkanes) is 3. The summed E-state index contributed by atoms with van der Waals surface area (Å²) < 4.78 is 15.5. The summed E-state index contributed by atoms with van der Waals surface area (Å²) in [5.74, 6) is -0.394. The Morgan fingerprint density at radius 3 is 2.53 bits per heavy atom. The minimum atomic E-state index is -0.587. The highest BCUT2D eigenvalue weighted by atomic mass is 35.5. The number of rotatable bonds is 9. The molecule has 3 aromatic carbocycles. The zero-order chi connectivity index (χ0) is 25.7. The molecular weight excluding hydrogens is 477 g/mol. The van der Waals surface area contributed by atoms with Crippen molar-refractivity contribution in [3.8, 4) is 5.69 Å². The van der Waals surface area contributed by atoms with Gasteiger partial charge in [0.15, 0.2) is 0 Å². The molecule has 186 valence electrons. The van der Waals surface area contributed by atoms with Crippen LogP contribution in [-0.4, -0.2) is 26.9 Å². The monoisotopic (exact) mass is 505 g/mol. The van der Waals surface area contributed by atoms with Crippen LogP contribution in [0, 0.1) is 5.82 Å². The van der Waals surface area contributed by atoms with E-state index in [1.165, 1.54) is 22.8 Å². The van der Waals surface area contributed by atoms with E-state index < -0.39 is 11.9 Å². The van der Waals surface area contributed by atoms with Crippen molar-refractivity contribution < 1.29 is 9.18 Å². The minimum absolute atomic E-state index is 0.254. The lowest BCUT2D eigenvalue weighted by Gasteiger charge is -2.31. The van der Waals surface area contributed by atoms with Crippen LogP contribution in [0.3, 0.4) is 0 Å². The van der Waals surface area contributed by atoms with Gasteiger partial charge in [-0.2, -0.15) is 0 Å². The summed E-state index contributed by atoms with van der Waals surface area (Å²) in [6.45, 7) is 4.42. The second kappa shape index (κ2) is 11.5. The molecule has 0 spiro atoms. The van der Waals surface area contributed by atoms with E-state index in [9.17, 15) is 14.0 Å². The summed E-state index contributed by atoms with van der Waals surface area (Å²) in [7, 11) is 0. The highest BCUT2D eigenvalue weighted by molar-refractivity contribution is 6.32. The Morgan fingerprint density at radius 1 is 1.03 bits per heavy atom. The summed E-state index contributed by atoms with van der Waals surface area (Å²) in [5.41, 5.74) is 1.02. The van der Waals surface area contributed by atoms with Gasteiger partial charge in [-0.1, -0.05) is 68.1 Å². The zero-order valence-corrected chi connectivity index (χ0v) is 21.2. The lowest BCUT2D eigenvalue weighted by molar-refractivity contribution is 0.0676. The lowest BCUT2D eigenvalue weighted by Crippen LogP contribution is -2.38. The van der Waals surface area contributed by atoms with Gasteiger partial charge in [0.1, 0.15) is 11.6 Å². The maximum absolute atomic E-state index is 14.0. The van der Waals surface area contributed by atoms with Gasteiger partial charge >= 0.3 is 0 Å². The van der Waals surface area contributed by atoms with E-state index in [1.807, 2.05) is 13.0 Å². The number of aromatic nitrogens is 2. The number of hydrogen-bond donors (Lipinski definition) is 0. The van der Waals surface area contributed by atoms with Crippen molar-refractivity contribution in [1.82, 2.24) is 14.5 Å². The number of hydrogen-bond acceptors (Lipinski definition) is 3. The first-order chi connectivity index (χ1) is 17.4. The Labute approximate surface area is 215 Å². The van der Waals surface area contributed by atoms with Crippen molar-refractivity contribution in [3.05, 3.63) is 105 Å². The Kier molecular flexibility index (Phi) is 8.16. The number of carbonyl (C=O) groups excluding carboxylic acids is 1. The van der Waals surface area contributed by atoms with Crippen LogP contribution in [0.2, 0.25) is 5.02 Å². The molecule has 1 amide bonds. The van der Waals surface area contributed by atoms with Gasteiger partial charge in [-0.15, -0.1) is 0 Å². The van der Waals surface area contributed by atoms with Crippen LogP contribution in [-0.2, 0) is 0 Å². The molecule has 1 aromatic heterocycles. The molecular formula is C29H29ClFN3O2. The van der Waals surface area contributed by atoms with Gasteiger partial charge in [0, 0.05) is 12.1 Å². The van der Waals surface area contributed by atoms with Crippen molar-refractivity contribution in [3.63, 3.8) is 0 Å². The Morgan fingerprint density at radius 2 is 1.78 bits per heavy atom. The van der Waals surface area contributed by atoms with Crippen molar-refractivity contribution in [2.45, 2.75) is 45.6 Å². The van der Waals surface area contributed by atoms with Gasteiger partial charge in [0.05, 0.1) is 27.7 Å². The molecule has 7 heteroatoms. The highest BCUT2D eigenvalue weighted by Crippen LogP contribution is 2.28. The molecule has 0 radical (unpaired) electrons. The van der Waals surface area contributed by atoms with Gasteiger partial charge in [0.2, 0.25) is 0 Å². The van der Waals surface area contributed by atoms with Crippen LogP contribution in [0.25, 0.3) is 16.6 Å². The van der Waals surface area contributed by atoms with Crippen LogP contribution in [0.15, 0.2) is 77.6 Å². The molecule has 1 heterocycles. The predicted octanol–water partition coefficient (Wildman–Crippen LogP) is 6.96. The SMILES string of the molecule is CCCCCCN(C(=O)c1cccc(F)c1)C(C)c1nc2ccccc2c(=O)n1-c1ccccc1Cl. The molecule has 1 unspecified atom stereocenters. The van der Waals surface area contributed by atoms with Gasteiger partial charge in [-0.05, 0) is 55.8 Å². The van der Waals surface area contributed by atoms with Crippen molar-refractivity contribution >= 4 is 28.4 Å². The molecule has 1 atom stereocenters. The van der Waals surface area contributed by atoms with E-state index in [-0.39, 0.29) is 17.0 Å². The zero-order valence-electron chi connectivity index (χ0n) is 20.5. The van der Waals surface area contributed by atoms with E-state index in [1.54, 1.807) is 53.4 Å². The standard InChI is InChI=1S/C29H29ClFN3O2/c1-3-4-5-10-18-33(28(35)21-12-11-13-22(31)19-21)20(2)27-32-25-16-8-6-14-23(25)29(36)34(27)26-17-9-7-15-24(26)30/h6-9,11-17,19-20H,3-5,10,18H2,1-2H3. The van der Waals surface area contributed by atoms with Crippen LogP contribution < -0.4 is 5.56 Å². The van der Waals surface area contributed by atoms with E-state index in [0.717, 1.165) is 25.7 Å². The molecule has 4 aromatic rings. The summed E-state index contributed by atoms with van der Waals surface area (Å²) in [4.78, 5) is 33.9. The van der Waals surface area contributed by atoms with Gasteiger partial charge in [0.25, 0.3) is 11.5 Å². The Hall–Kier alpha value is -3.51. The van der Waals surface area contributed by atoms with E-state index >= 15 is 0 Å². The molecule has 4 rings (SSSR count). The first-order valence-corrected chi connectivity index (χ1v) is 12.6. The van der Waals surface area contributed by atoms with Gasteiger partial charge in [-0.3, -0.25) is 14.2 Å². The van der Waals surface area contributed by atoms with E-state index in [4.69, 9.17) is 16.6 Å². The third-order valence-corrected chi connectivity index (χ3v) is 6.64. The quantitative estimate of drug-likeness (QED) is 0.231. The summed E-state index contributed by atoms with van der Waals surface area (Å²) in [6, 6.07) is 19.3. The van der Waals surface area contributed by atoms with Crippen molar-refractivity contribution in [2.75, 3.05) is 6.54 Å². The summed E-state index contributed by atoms with van der Waals surface area (Å²) in [5, 5.41) is 0.857. The molecule has 0 aliphatic carbocycles. The van der Waals surface area contributed by atoms with Crippen LogP contribution >= 0.6 is 11.6 Å². The number of para-hydroxylation sites is 2. The maximum atomic E-state index is 14.0. The number of nitrogens with zero attached hydrogens (tertiary/aromatic N) is 3. The van der Waals surface area contributed by atoms with Crippen molar-refractivity contribution in [1.29, 1.82) is 0 Å². The van der Waals surface area contributed by atoms with E-state index in [0.29, 0.717) is 34.0 Å². The summed E-state index contributed by atoms with van der Waals surface area (Å²) >= 11 is 6.52. The molecule has 36 heavy (non-hydrogen) atoms. The molecule has 0 N–H and O–H groups in total. The first kappa shape index (κ1) is 25.6. The minimum Gasteiger partial charge on any atom is -0.329 e. The Balaban J connectivity index is 1.87.